The normalized spacial score (nSPS) is 11.9. The molecule has 36 heavy (non-hydrogen) atoms. The molecule has 0 saturated carbocycles. The van der Waals surface area contributed by atoms with Crippen molar-refractivity contribution in [2.75, 3.05) is 5.32 Å². The van der Waals surface area contributed by atoms with Crippen LogP contribution in [0.4, 0.5) is 5.69 Å². The maximum atomic E-state index is 13.4. The Balaban J connectivity index is 1.53. The van der Waals surface area contributed by atoms with Crippen molar-refractivity contribution in [1.82, 2.24) is 34.7 Å². The first-order chi connectivity index (χ1) is 17.4. The second-order valence-electron chi connectivity index (χ2n) is 9.29. The fourth-order valence-electron chi connectivity index (χ4n) is 4.47. The number of aryl methyl sites for hydroxylation is 1. The summed E-state index contributed by atoms with van der Waals surface area (Å²) in [6, 6.07) is 15.5. The van der Waals surface area contributed by atoms with E-state index in [2.05, 4.69) is 30.4 Å². The molecule has 0 atom stereocenters. The molecule has 0 radical (unpaired) electrons. The molecule has 4 aromatic heterocycles. The van der Waals surface area contributed by atoms with E-state index in [1.807, 2.05) is 75.8 Å². The molecule has 0 saturated heterocycles. The minimum Gasteiger partial charge on any atom is -0.372 e. The van der Waals surface area contributed by atoms with Gasteiger partial charge in [-0.1, -0.05) is 24.3 Å². The fraction of sp³-hybridized carbons (Fsp3) is 0.148. The number of rotatable bonds is 5. The second-order valence-corrected chi connectivity index (χ2v) is 9.29. The van der Waals surface area contributed by atoms with Crippen LogP contribution in [-0.4, -0.2) is 34.7 Å². The van der Waals surface area contributed by atoms with Crippen molar-refractivity contribution >= 4 is 27.6 Å². The van der Waals surface area contributed by atoms with Gasteiger partial charge in [-0.15, -0.1) is 0 Å². The molecular formula is C27H24N8O. The lowest BCUT2D eigenvalue weighted by Gasteiger charge is -2.27. The molecule has 9 heteroatoms. The fourth-order valence-corrected chi connectivity index (χ4v) is 4.47. The lowest BCUT2D eigenvalue weighted by Crippen LogP contribution is -2.31. The van der Waals surface area contributed by atoms with Crippen LogP contribution in [0.1, 0.15) is 19.7 Å². The summed E-state index contributed by atoms with van der Waals surface area (Å²) in [5.41, 5.74) is 4.53. The topological polar surface area (TPSA) is 117 Å². The molecule has 6 rings (SSSR count). The van der Waals surface area contributed by atoms with Crippen LogP contribution in [0.2, 0.25) is 0 Å². The Morgan fingerprint density at radius 3 is 2.53 bits per heavy atom. The van der Waals surface area contributed by atoms with Gasteiger partial charge in [0, 0.05) is 36.6 Å². The number of pyridine rings is 1. The Morgan fingerprint density at radius 1 is 0.944 bits per heavy atom. The van der Waals surface area contributed by atoms with Crippen LogP contribution in [0, 0.1) is 0 Å². The maximum absolute atomic E-state index is 13.4. The van der Waals surface area contributed by atoms with E-state index in [1.54, 1.807) is 23.1 Å². The largest absolute Gasteiger partial charge is 0.372 e. The molecule has 0 aliphatic heterocycles. The van der Waals surface area contributed by atoms with Crippen molar-refractivity contribution in [2.45, 2.75) is 19.4 Å². The van der Waals surface area contributed by atoms with Gasteiger partial charge in [-0.2, -0.15) is 5.10 Å². The van der Waals surface area contributed by atoms with E-state index in [1.165, 1.54) is 0 Å². The molecular weight excluding hydrogens is 452 g/mol. The zero-order valence-electron chi connectivity index (χ0n) is 20.1. The second kappa shape index (κ2) is 8.16. The predicted molar refractivity (Wildman–Crippen MR) is 141 cm³/mol. The van der Waals surface area contributed by atoms with Gasteiger partial charge in [-0.3, -0.25) is 9.48 Å². The summed E-state index contributed by atoms with van der Waals surface area (Å²) in [7, 11) is 1.89. The molecule has 0 amide bonds. The van der Waals surface area contributed by atoms with Gasteiger partial charge < -0.3 is 15.3 Å². The number of aromatic amines is 2. The first-order valence-corrected chi connectivity index (χ1v) is 11.6. The molecule has 0 unspecified atom stereocenters. The van der Waals surface area contributed by atoms with Crippen molar-refractivity contribution in [3.63, 3.8) is 0 Å². The number of hydrogen-bond acceptors (Lipinski definition) is 6. The number of nitrogens with one attached hydrogen (secondary N) is 3. The van der Waals surface area contributed by atoms with E-state index < -0.39 is 5.54 Å². The minimum atomic E-state index is -0.661. The standard InChI is InChI=1S/C27H24N8O/c1-27(2,26-28-11-6-12-29-26)34-23-18-7-4-5-8-19(18)33-25(36)22(23)24-31-20-10-9-16(13-21(20)32-24)17-14-30-35(3)15-17/h4-15H,1-3H3,(H,31,32)(H2,33,34,36). The molecule has 3 N–H and O–H groups in total. The number of anilines is 1. The average molecular weight is 477 g/mol. The summed E-state index contributed by atoms with van der Waals surface area (Å²) in [6.45, 7) is 3.97. The Morgan fingerprint density at radius 2 is 1.75 bits per heavy atom. The first-order valence-electron chi connectivity index (χ1n) is 11.6. The molecule has 0 aliphatic carbocycles. The quantitative estimate of drug-likeness (QED) is 0.335. The van der Waals surface area contributed by atoms with Crippen LogP contribution in [-0.2, 0) is 12.6 Å². The lowest BCUT2D eigenvalue weighted by atomic mass is 10.0. The van der Waals surface area contributed by atoms with Crippen LogP contribution in [0.25, 0.3) is 44.5 Å². The third-order valence-electron chi connectivity index (χ3n) is 6.24. The monoisotopic (exact) mass is 476 g/mol. The highest BCUT2D eigenvalue weighted by Gasteiger charge is 2.27. The van der Waals surface area contributed by atoms with Gasteiger partial charge in [0.05, 0.1) is 34.0 Å². The van der Waals surface area contributed by atoms with Crippen LogP contribution in [0.15, 0.2) is 78.1 Å². The van der Waals surface area contributed by atoms with Crippen LogP contribution < -0.4 is 10.9 Å². The van der Waals surface area contributed by atoms with Crippen molar-refractivity contribution < 1.29 is 0 Å². The van der Waals surface area contributed by atoms with E-state index in [9.17, 15) is 4.79 Å². The molecule has 178 valence electrons. The highest BCUT2D eigenvalue weighted by Crippen LogP contribution is 2.35. The van der Waals surface area contributed by atoms with Gasteiger partial charge in [0.25, 0.3) is 5.56 Å². The van der Waals surface area contributed by atoms with E-state index >= 15 is 0 Å². The van der Waals surface area contributed by atoms with E-state index in [0.717, 1.165) is 33.1 Å². The number of nitrogens with zero attached hydrogens (tertiary/aromatic N) is 5. The summed E-state index contributed by atoms with van der Waals surface area (Å²) in [5, 5.41) is 8.69. The predicted octanol–water partition coefficient (Wildman–Crippen LogP) is 4.61. The number of para-hydroxylation sites is 1. The number of imidazole rings is 1. The SMILES string of the molecule is Cn1cc(-c2ccc3nc(-c4c(NC(C)(C)c5ncccn5)c5ccccc5[nH]c4=O)[nH]c3c2)cn1. The van der Waals surface area contributed by atoms with Gasteiger partial charge in [0.15, 0.2) is 5.82 Å². The minimum absolute atomic E-state index is 0.243. The van der Waals surface area contributed by atoms with Crippen molar-refractivity contribution in [3.05, 3.63) is 89.5 Å². The highest BCUT2D eigenvalue weighted by molar-refractivity contribution is 5.99. The van der Waals surface area contributed by atoms with Gasteiger partial charge in [-0.25, -0.2) is 15.0 Å². The summed E-state index contributed by atoms with van der Waals surface area (Å²) in [4.78, 5) is 33.5. The zero-order valence-corrected chi connectivity index (χ0v) is 20.1. The van der Waals surface area contributed by atoms with E-state index in [-0.39, 0.29) is 5.56 Å². The van der Waals surface area contributed by atoms with E-state index in [4.69, 9.17) is 4.98 Å². The van der Waals surface area contributed by atoms with Gasteiger partial charge in [-0.05, 0) is 43.7 Å². The van der Waals surface area contributed by atoms with Gasteiger partial charge in [0.1, 0.15) is 11.4 Å². The summed E-state index contributed by atoms with van der Waals surface area (Å²) >= 11 is 0. The van der Waals surface area contributed by atoms with Crippen LogP contribution in [0.3, 0.4) is 0 Å². The van der Waals surface area contributed by atoms with Crippen molar-refractivity contribution in [3.8, 4) is 22.5 Å². The third-order valence-corrected chi connectivity index (χ3v) is 6.24. The summed E-state index contributed by atoms with van der Waals surface area (Å²) in [5.74, 6) is 1.10. The Labute approximate surface area is 206 Å². The van der Waals surface area contributed by atoms with Crippen molar-refractivity contribution in [1.29, 1.82) is 0 Å². The molecule has 0 aliphatic rings. The third kappa shape index (κ3) is 3.70. The highest BCUT2D eigenvalue weighted by atomic mass is 16.1. The molecule has 4 heterocycles. The van der Waals surface area contributed by atoms with Crippen molar-refractivity contribution in [2.24, 2.45) is 7.05 Å². The van der Waals surface area contributed by atoms with Crippen LogP contribution in [0.5, 0.6) is 0 Å². The Hall–Kier alpha value is -4.79. The van der Waals surface area contributed by atoms with Gasteiger partial charge in [0.2, 0.25) is 0 Å². The first kappa shape index (κ1) is 21.7. The molecule has 9 nitrogen and oxygen atoms in total. The lowest BCUT2D eigenvalue weighted by molar-refractivity contribution is 0.563. The summed E-state index contributed by atoms with van der Waals surface area (Å²) < 4.78 is 1.77. The Bertz CT molecular complexity index is 1780. The summed E-state index contributed by atoms with van der Waals surface area (Å²) in [6.07, 6.45) is 7.20. The smallest absolute Gasteiger partial charge is 0.261 e. The number of hydrogen-bond donors (Lipinski definition) is 3. The van der Waals surface area contributed by atoms with Crippen LogP contribution >= 0.6 is 0 Å². The Kier molecular flexibility index (Phi) is 4.92. The number of benzene rings is 2. The average Bonchev–Trinajstić information content (AvgIpc) is 3.50. The number of aromatic nitrogens is 7. The number of H-pyrrole nitrogens is 2. The van der Waals surface area contributed by atoms with Gasteiger partial charge >= 0.3 is 0 Å². The molecule has 0 spiro atoms. The maximum Gasteiger partial charge on any atom is 0.261 e. The molecule has 2 aromatic carbocycles. The zero-order chi connectivity index (χ0) is 24.9. The number of fused-ring (bicyclic) bond motifs is 2. The molecule has 6 aromatic rings. The van der Waals surface area contributed by atoms with E-state index in [0.29, 0.717) is 22.9 Å². The molecule has 0 bridgehead atoms. The molecule has 0 fully saturated rings.